The van der Waals surface area contributed by atoms with Crippen LogP contribution in [0.1, 0.15) is 13.8 Å². The van der Waals surface area contributed by atoms with Crippen molar-refractivity contribution in [1.82, 2.24) is 4.72 Å². The molecule has 1 aliphatic rings. The largest absolute Gasteiger partial charge is 0.393 e. The number of benzene rings is 1. The van der Waals surface area contributed by atoms with Crippen molar-refractivity contribution in [2.75, 3.05) is 6.54 Å². The van der Waals surface area contributed by atoms with Crippen LogP contribution in [0.5, 0.6) is 0 Å². The van der Waals surface area contributed by atoms with Crippen molar-refractivity contribution in [2.24, 2.45) is 19.9 Å². The highest BCUT2D eigenvalue weighted by molar-refractivity contribution is 7.89. The normalized spacial score (nSPS) is 13.9. The molecule has 20 heavy (non-hydrogen) atoms. The van der Waals surface area contributed by atoms with Crippen LogP contribution in [-0.4, -0.2) is 20.0 Å². The smallest absolute Gasteiger partial charge is 0.242 e. The molecule has 0 saturated carbocycles. The molecule has 1 aromatic rings. The van der Waals surface area contributed by atoms with E-state index in [2.05, 4.69) is 13.4 Å². The zero-order valence-electron chi connectivity index (χ0n) is 11.0. The van der Waals surface area contributed by atoms with Gasteiger partial charge in [0.2, 0.25) is 10.0 Å². The van der Waals surface area contributed by atoms with Gasteiger partial charge in [0.25, 0.3) is 0 Å². The lowest BCUT2D eigenvalue weighted by atomic mass is 9.94. The molecule has 0 aliphatic carbocycles. The van der Waals surface area contributed by atoms with Crippen LogP contribution in [0.15, 0.2) is 31.8 Å². The number of nitrogens with two attached hydrogens (primary N) is 1. The Morgan fingerprint density at radius 1 is 1.45 bits per heavy atom. The second-order valence-electron chi connectivity index (χ2n) is 4.96. The lowest BCUT2D eigenvalue weighted by Crippen LogP contribution is -2.41. The van der Waals surface area contributed by atoms with E-state index in [0.29, 0.717) is 11.4 Å². The van der Waals surface area contributed by atoms with E-state index >= 15 is 0 Å². The number of rotatable bonds is 5. The Labute approximate surface area is 126 Å². The number of hydrogen-bond acceptors (Lipinski definition) is 5. The van der Waals surface area contributed by atoms with Gasteiger partial charge in [-0.1, -0.05) is 32.1 Å². The molecule has 1 heterocycles. The summed E-state index contributed by atoms with van der Waals surface area (Å²) < 4.78 is 35.3. The van der Waals surface area contributed by atoms with Gasteiger partial charge in [0.1, 0.15) is 16.3 Å². The molecule has 0 amide bonds. The molecule has 0 fully saturated rings. The highest BCUT2D eigenvalue weighted by atomic mass is 32.2. The maximum Gasteiger partial charge on any atom is 0.242 e. The summed E-state index contributed by atoms with van der Waals surface area (Å²) in [5.41, 5.74) is 5.92. The fourth-order valence-corrected chi connectivity index (χ4v) is 3.49. The van der Waals surface area contributed by atoms with Crippen molar-refractivity contribution in [2.45, 2.75) is 18.7 Å². The van der Waals surface area contributed by atoms with Gasteiger partial charge in [-0.15, -0.1) is 0 Å². The molecule has 0 bridgehead atoms. The molecule has 9 heteroatoms. The van der Waals surface area contributed by atoms with Crippen molar-refractivity contribution in [3.63, 3.8) is 0 Å². The Morgan fingerprint density at radius 3 is 2.80 bits per heavy atom. The molecule has 0 unspecified atom stereocenters. The number of fused-ring (bicyclic) bond motifs is 1. The SMILES string of the molecule is CC(C)(CNS(=O)(=O)c1cccc2c1N=S=N2)C(N)=S. The molecule has 2 rings (SSSR count). The summed E-state index contributed by atoms with van der Waals surface area (Å²) >= 11 is 5.90. The van der Waals surface area contributed by atoms with E-state index in [1.807, 2.05) is 0 Å². The van der Waals surface area contributed by atoms with Gasteiger partial charge < -0.3 is 5.73 Å². The topological polar surface area (TPSA) is 96.9 Å². The van der Waals surface area contributed by atoms with E-state index in [9.17, 15) is 8.42 Å². The molecule has 0 radical (unpaired) electrons. The highest BCUT2D eigenvalue weighted by Gasteiger charge is 2.27. The number of thiocarbonyl (C=S) groups is 1. The van der Waals surface area contributed by atoms with Crippen LogP contribution in [0.2, 0.25) is 0 Å². The van der Waals surface area contributed by atoms with Crippen LogP contribution < -0.4 is 10.5 Å². The van der Waals surface area contributed by atoms with E-state index in [0.717, 1.165) is 11.4 Å². The van der Waals surface area contributed by atoms with Crippen LogP contribution >= 0.6 is 12.2 Å². The average Bonchev–Trinajstić information content (AvgIpc) is 2.84. The summed E-state index contributed by atoms with van der Waals surface area (Å²) in [6.45, 7) is 3.68. The van der Waals surface area contributed by atoms with Gasteiger partial charge in [-0.2, -0.15) is 8.73 Å². The van der Waals surface area contributed by atoms with Gasteiger partial charge in [0.15, 0.2) is 0 Å². The van der Waals surface area contributed by atoms with Crippen molar-refractivity contribution < 1.29 is 8.42 Å². The van der Waals surface area contributed by atoms with Crippen molar-refractivity contribution in [3.8, 4) is 0 Å². The Morgan fingerprint density at radius 2 is 2.15 bits per heavy atom. The van der Waals surface area contributed by atoms with Crippen LogP contribution in [-0.2, 0) is 21.4 Å². The summed E-state index contributed by atoms with van der Waals surface area (Å²) in [7, 11) is -3.68. The number of hydrogen-bond donors (Lipinski definition) is 2. The van der Waals surface area contributed by atoms with Crippen LogP contribution in [0, 0.1) is 5.41 Å². The van der Waals surface area contributed by atoms with Gasteiger partial charge in [-0.05, 0) is 12.1 Å². The summed E-state index contributed by atoms with van der Waals surface area (Å²) in [6.07, 6.45) is 0. The van der Waals surface area contributed by atoms with Crippen molar-refractivity contribution in [1.29, 1.82) is 0 Å². The fourth-order valence-electron chi connectivity index (χ4n) is 1.44. The number of nitrogens with zero attached hydrogens (tertiary/aromatic N) is 2. The minimum Gasteiger partial charge on any atom is -0.393 e. The molecule has 3 N–H and O–H groups in total. The minimum atomic E-state index is -3.68. The first-order chi connectivity index (χ1) is 9.24. The van der Waals surface area contributed by atoms with Crippen molar-refractivity contribution in [3.05, 3.63) is 18.2 Å². The summed E-state index contributed by atoms with van der Waals surface area (Å²) in [5, 5.41) is 0. The molecule has 0 aromatic heterocycles. The number of sulfonamides is 1. The Kier molecular flexibility index (Phi) is 4.05. The molecule has 1 aromatic carbocycles. The molecule has 0 spiro atoms. The molecule has 1 aliphatic heterocycles. The van der Waals surface area contributed by atoms with Crippen molar-refractivity contribution >= 4 is 50.0 Å². The summed E-state index contributed by atoms with van der Waals surface area (Å²) in [5.74, 6) is 0. The van der Waals surface area contributed by atoms with Crippen LogP contribution in [0.3, 0.4) is 0 Å². The van der Waals surface area contributed by atoms with E-state index in [1.165, 1.54) is 6.07 Å². The second-order valence-corrected chi connectivity index (χ2v) is 7.66. The first-order valence-corrected chi connectivity index (χ1v) is 8.37. The van der Waals surface area contributed by atoms with E-state index in [4.69, 9.17) is 18.0 Å². The van der Waals surface area contributed by atoms with Gasteiger partial charge in [-0.3, -0.25) is 0 Å². The molecule has 0 atom stereocenters. The quantitative estimate of drug-likeness (QED) is 0.819. The van der Waals surface area contributed by atoms with E-state index in [-0.39, 0.29) is 16.4 Å². The summed E-state index contributed by atoms with van der Waals surface area (Å²) in [6, 6.07) is 4.85. The van der Waals surface area contributed by atoms with Gasteiger partial charge in [0.05, 0.1) is 16.3 Å². The number of nitrogens with one attached hydrogen (secondary N) is 1. The molecule has 108 valence electrons. The average molecular weight is 330 g/mol. The van der Waals surface area contributed by atoms with Crippen LogP contribution in [0.4, 0.5) is 11.4 Å². The monoisotopic (exact) mass is 330 g/mol. The fraction of sp³-hybridized carbons (Fsp3) is 0.364. The highest BCUT2D eigenvalue weighted by Crippen LogP contribution is 2.37. The zero-order chi connectivity index (χ0) is 15.0. The van der Waals surface area contributed by atoms with E-state index < -0.39 is 15.4 Å². The predicted octanol–water partition coefficient (Wildman–Crippen LogP) is 2.00. The van der Waals surface area contributed by atoms with Gasteiger partial charge in [0, 0.05) is 12.0 Å². The maximum atomic E-state index is 12.4. The van der Waals surface area contributed by atoms with E-state index in [1.54, 1.807) is 26.0 Å². The zero-order valence-corrected chi connectivity index (χ0v) is 13.4. The third-order valence-electron chi connectivity index (χ3n) is 2.91. The molecule has 6 nitrogen and oxygen atoms in total. The minimum absolute atomic E-state index is 0.113. The van der Waals surface area contributed by atoms with Gasteiger partial charge >= 0.3 is 0 Å². The van der Waals surface area contributed by atoms with Crippen LogP contribution in [0.25, 0.3) is 0 Å². The second kappa shape index (κ2) is 5.32. The molecular formula is C11H14N4O2S3. The Balaban J connectivity index is 2.27. The lowest BCUT2D eigenvalue weighted by Gasteiger charge is -2.23. The first-order valence-electron chi connectivity index (χ1n) is 5.75. The third kappa shape index (κ3) is 2.95. The Hall–Kier alpha value is -1.16. The Bertz CT molecular complexity index is 734. The third-order valence-corrected chi connectivity index (χ3v) is 5.44. The standard InChI is InChI=1S/C11H14N4O2S3/c1-11(2,10(12)18)6-13-20(16,17)8-5-3-4-7-9(8)15-19-14-7/h3-5,13H,6H2,1-2H3,(H2,12,18). The first kappa shape index (κ1) is 15.2. The molecule has 0 saturated heterocycles. The maximum absolute atomic E-state index is 12.4. The molecular weight excluding hydrogens is 316 g/mol. The van der Waals surface area contributed by atoms with Gasteiger partial charge in [-0.25, -0.2) is 13.1 Å². The summed E-state index contributed by atoms with van der Waals surface area (Å²) in [4.78, 5) is 0.372. The predicted molar refractivity (Wildman–Crippen MR) is 83.7 cm³/mol. The lowest BCUT2D eigenvalue weighted by molar-refractivity contribution is 0.501.